The van der Waals surface area contributed by atoms with Crippen molar-refractivity contribution in [2.24, 2.45) is 5.92 Å². The summed E-state index contributed by atoms with van der Waals surface area (Å²) in [5.41, 5.74) is 7.49. The zero-order valence-electron chi connectivity index (χ0n) is 9.57. The molecular formula is C12H16ClN3. The van der Waals surface area contributed by atoms with Crippen molar-refractivity contribution in [3.8, 4) is 6.07 Å². The van der Waals surface area contributed by atoms with Crippen LogP contribution in [0.5, 0.6) is 0 Å². The van der Waals surface area contributed by atoms with E-state index in [9.17, 15) is 0 Å². The normalized spacial score (nSPS) is 11.9. The maximum absolute atomic E-state index is 8.82. The van der Waals surface area contributed by atoms with Crippen molar-refractivity contribution in [2.75, 3.05) is 23.7 Å². The highest BCUT2D eigenvalue weighted by molar-refractivity contribution is 6.31. The Hall–Kier alpha value is -1.40. The second-order valence-electron chi connectivity index (χ2n) is 3.77. The summed E-state index contributed by atoms with van der Waals surface area (Å²) in [6.07, 6.45) is 0. The molecule has 0 aliphatic carbocycles. The second-order valence-corrected chi connectivity index (χ2v) is 4.21. The fourth-order valence-electron chi connectivity index (χ4n) is 1.56. The van der Waals surface area contributed by atoms with E-state index in [4.69, 9.17) is 22.6 Å². The molecule has 1 unspecified atom stereocenters. The van der Waals surface area contributed by atoms with Crippen LogP contribution in [-0.4, -0.2) is 13.1 Å². The van der Waals surface area contributed by atoms with E-state index in [1.165, 1.54) is 0 Å². The van der Waals surface area contributed by atoms with Crippen LogP contribution >= 0.6 is 11.6 Å². The van der Waals surface area contributed by atoms with E-state index < -0.39 is 0 Å². The summed E-state index contributed by atoms with van der Waals surface area (Å²) < 4.78 is 0. The Morgan fingerprint density at radius 1 is 1.56 bits per heavy atom. The molecule has 0 aliphatic heterocycles. The molecule has 0 fully saturated rings. The Labute approximate surface area is 101 Å². The first-order chi connectivity index (χ1) is 7.58. The van der Waals surface area contributed by atoms with Gasteiger partial charge in [0.1, 0.15) is 0 Å². The van der Waals surface area contributed by atoms with Gasteiger partial charge in [-0.05, 0) is 32.0 Å². The smallest absolute Gasteiger partial charge is 0.0671 e. The predicted octanol–water partition coefficient (Wildman–Crippen LogP) is 2.91. The van der Waals surface area contributed by atoms with Crippen LogP contribution in [-0.2, 0) is 0 Å². The minimum Gasteiger partial charge on any atom is -0.397 e. The lowest BCUT2D eigenvalue weighted by Crippen LogP contribution is -2.28. The van der Waals surface area contributed by atoms with E-state index in [1.54, 1.807) is 12.1 Å². The fraction of sp³-hybridized carbons (Fsp3) is 0.417. The predicted molar refractivity (Wildman–Crippen MR) is 68.5 cm³/mol. The molecule has 3 nitrogen and oxygen atoms in total. The summed E-state index contributed by atoms with van der Waals surface area (Å²) in [4.78, 5) is 2.06. The van der Waals surface area contributed by atoms with Crippen LogP contribution < -0.4 is 10.6 Å². The Balaban J connectivity index is 2.95. The zero-order chi connectivity index (χ0) is 12.1. The quantitative estimate of drug-likeness (QED) is 0.820. The molecule has 0 amide bonds. The number of anilines is 2. The molecule has 1 atom stereocenters. The van der Waals surface area contributed by atoms with Gasteiger partial charge in [0.05, 0.1) is 23.4 Å². The van der Waals surface area contributed by atoms with Gasteiger partial charge in [-0.1, -0.05) is 11.6 Å². The maximum atomic E-state index is 8.82. The van der Waals surface area contributed by atoms with Gasteiger partial charge in [-0.25, -0.2) is 0 Å². The van der Waals surface area contributed by atoms with Gasteiger partial charge in [0.2, 0.25) is 0 Å². The highest BCUT2D eigenvalue weighted by Crippen LogP contribution is 2.27. The first kappa shape index (κ1) is 12.7. The lowest BCUT2D eigenvalue weighted by Gasteiger charge is -2.25. The summed E-state index contributed by atoms with van der Waals surface area (Å²) in [5.74, 6) is -0.0293. The van der Waals surface area contributed by atoms with E-state index in [0.29, 0.717) is 17.3 Å². The molecule has 4 heteroatoms. The largest absolute Gasteiger partial charge is 0.397 e. The summed E-state index contributed by atoms with van der Waals surface area (Å²) in [7, 11) is 0. The van der Waals surface area contributed by atoms with Crippen LogP contribution in [0.25, 0.3) is 0 Å². The number of halogens is 1. The Morgan fingerprint density at radius 2 is 2.25 bits per heavy atom. The Morgan fingerprint density at radius 3 is 2.81 bits per heavy atom. The first-order valence-electron chi connectivity index (χ1n) is 5.28. The van der Waals surface area contributed by atoms with Gasteiger partial charge in [0.15, 0.2) is 0 Å². The molecule has 1 rings (SSSR count). The van der Waals surface area contributed by atoms with Gasteiger partial charge in [-0.3, -0.25) is 0 Å². The molecule has 0 spiro atoms. The van der Waals surface area contributed by atoms with Crippen LogP contribution in [0.3, 0.4) is 0 Å². The Kier molecular flexibility index (Phi) is 4.45. The molecule has 16 heavy (non-hydrogen) atoms. The van der Waals surface area contributed by atoms with Crippen molar-refractivity contribution >= 4 is 23.0 Å². The molecule has 0 aromatic heterocycles. The average molecular weight is 238 g/mol. The number of nitriles is 1. The molecule has 2 N–H and O–H groups in total. The topological polar surface area (TPSA) is 53.0 Å². The van der Waals surface area contributed by atoms with Gasteiger partial charge in [0, 0.05) is 18.1 Å². The molecule has 0 saturated heterocycles. The van der Waals surface area contributed by atoms with Crippen molar-refractivity contribution in [1.29, 1.82) is 5.26 Å². The van der Waals surface area contributed by atoms with Crippen LogP contribution in [0.15, 0.2) is 18.2 Å². The monoisotopic (exact) mass is 237 g/mol. The maximum Gasteiger partial charge on any atom is 0.0671 e. The van der Waals surface area contributed by atoms with Crippen molar-refractivity contribution in [3.05, 3.63) is 23.2 Å². The Bertz CT molecular complexity index is 398. The number of nitrogen functional groups attached to an aromatic ring is 1. The van der Waals surface area contributed by atoms with E-state index in [0.717, 1.165) is 12.2 Å². The second kappa shape index (κ2) is 5.62. The number of hydrogen-bond acceptors (Lipinski definition) is 3. The lowest BCUT2D eigenvalue weighted by molar-refractivity contribution is 0.687. The van der Waals surface area contributed by atoms with Crippen molar-refractivity contribution in [3.63, 3.8) is 0 Å². The number of hydrogen-bond donors (Lipinski definition) is 1. The van der Waals surface area contributed by atoms with Crippen LogP contribution in [0.4, 0.5) is 11.4 Å². The third-order valence-electron chi connectivity index (χ3n) is 2.43. The lowest BCUT2D eigenvalue weighted by atomic mass is 10.1. The van der Waals surface area contributed by atoms with Crippen LogP contribution in [0.2, 0.25) is 5.02 Å². The van der Waals surface area contributed by atoms with Crippen molar-refractivity contribution in [1.82, 2.24) is 0 Å². The minimum absolute atomic E-state index is 0.0293. The molecule has 0 bridgehead atoms. The first-order valence-corrected chi connectivity index (χ1v) is 5.65. The fourth-order valence-corrected chi connectivity index (χ4v) is 1.73. The average Bonchev–Trinajstić information content (AvgIpc) is 2.29. The SMILES string of the molecule is CCN(CC(C)C#N)c1cc(Cl)ccc1N. The minimum atomic E-state index is -0.0293. The number of nitrogens with zero attached hydrogens (tertiary/aromatic N) is 2. The van der Waals surface area contributed by atoms with E-state index in [-0.39, 0.29) is 5.92 Å². The van der Waals surface area contributed by atoms with Crippen LogP contribution in [0, 0.1) is 17.2 Å². The third-order valence-corrected chi connectivity index (χ3v) is 2.66. The van der Waals surface area contributed by atoms with Gasteiger partial charge in [-0.2, -0.15) is 5.26 Å². The number of benzene rings is 1. The molecule has 0 radical (unpaired) electrons. The number of rotatable bonds is 4. The van der Waals surface area contributed by atoms with Gasteiger partial charge in [-0.15, -0.1) is 0 Å². The third kappa shape index (κ3) is 3.04. The van der Waals surface area contributed by atoms with E-state index in [2.05, 4.69) is 11.0 Å². The molecule has 0 saturated carbocycles. The van der Waals surface area contributed by atoms with Gasteiger partial charge in [0.25, 0.3) is 0 Å². The molecular weight excluding hydrogens is 222 g/mol. The van der Waals surface area contributed by atoms with Crippen LogP contribution in [0.1, 0.15) is 13.8 Å². The summed E-state index contributed by atoms with van der Waals surface area (Å²) in [6.45, 7) is 5.39. The van der Waals surface area contributed by atoms with E-state index in [1.807, 2.05) is 19.9 Å². The highest BCUT2D eigenvalue weighted by atomic mass is 35.5. The number of nitrogens with two attached hydrogens (primary N) is 1. The van der Waals surface area contributed by atoms with Gasteiger partial charge >= 0.3 is 0 Å². The summed E-state index contributed by atoms with van der Waals surface area (Å²) >= 11 is 5.94. The van der Waals surface area contributed by atoms with Crippen molar-refractivity contribution in [2.45, 2.75) is 13.8 Å². The molecule has 1 aromatic carbocycles. The van der Waals surface area contributed by atoms with Gasteiger partial charge < -0.3 is 10.6 Å². The molecule has 0 heterocycles. The zero-order valence-corrected chi connectivity index (χ0v) is 10.3. The molecule has 0 aliphatic rings. The highest BCUT2D eigenvalue weighted by Gasteiger charge is 2.11. The standard InChI is InChI=1S/C12H16ClN3/c1-3-16(8-9(2)7-14)12-6-10(13)4-5-11(12)15/h4-6,9H,3,8,15H2,1-2H3. The molecule has 86 valence electrons. The molecule has 1 aromatic rings. The summed E-state index contributed by atoms with van der Waals surface area (Å²) in [6, 6.07) is 7.61. The van der Waals surface area contributed by atoms with Crippen molar-refractivity contribution < 1.29 is 0 Å². The van der Waals surface area contributed by atoms with E-state index >= 15 is 0 Å². The summed E-state index contributed by atoms with van der Waals surface area (Å²) in [5, 5.41) is 9.48.